The van der Waals surface area contributed by atoms with Crippen molar-refractivity contribution in [3.8, 4) is 5.75 Å². The molecule has 0 saturated carbocycles. The number of carbonyl (C=O) groups excluding carboxylic acids is 1. The van der Waals surface area contributed by atoms with Gasteiger partial charge in [-0.1, -0.05) is 30.3 Å². The van der Waals surface area contributed by atoms with E-state index in [2.05, 4.69) is 5.32 Å². The van der Waals surface area contributed by atoms with Gasteiger partial charge in [0.25, 0.3) is 5.91 Å². The van der Waals surface area contributed by atoms with Crippen LogP contribution in [0.2, 0.25) is 0 Å². The first kappa shape index (κ1) is 18.9. The zero-order chi connectivity index (χ0) is 19.6. The third kappa shape index (κ3) is 3.66. The Morgan fingerprint density at radius 2 is 1.70 bits per heavy atom. The summed E-state index contributed by atoms with van der Waals surface area (Å²) in [6.45, 7) is 1.93. The van der Waals surface area contributed by atoms with Gasteiger partial charge in [0.2, 0.25) is 0 Å². The van der Waals surface area contributed by atoms with Crippen LogP contribution in [0, 0.1) is 0 Å². The van der Waals surface area contributed by atoms with E-state index < -0.39 is 0 Å². The topological polar surface area (TPSA) is 44.8 Å². The molecule has 6 heteroatoms. The summed E-state index contributed by atoms with van der Waals surface area (Å²) in [4.78, 5) is 17.0. The highest BCUT2D eigenvalue weighted by Gasteiger charge is 2.36. The molecule has 0 aliphatic carbocycles. The van der Waals surface area contributed by atoms with Crippen LogP contribution in [0.1, 0.15) is 18.5 Å². The maximum Gasteiger partial charge on any atom is 0.255 e. The predicted molar refractivity (Wildman–Crippen MR) is 112 cm³/mol. The van der Waals surface area contributed by atoms with Gasteiger partial charge in [-0.05, 0) is 49.0 Å². The number of nitrogens with zero attached hydrogens (tertiary/aromatic N) is 2. The van der Waals surface area contributed by atoms with Crippen molar-refractivity contribution >= 4 is 28.9 Å². The van der Waals surface area contributed by atoms with Gasteiger partial charge >= 0.3 is 0 Å². The first-order valence-corrected chi connectivity index (χ1v) is 9.06. The second kappa shape index (κ2) is 7.80. The summed E-state index contributed by atoms with van der Waals surface area (Å²) in [7, 11) is 5.43. The molecule has 3 rings (SSSR count). The number of hydrogen-bond acceptors (Lipinski definition) is 3. The Kier molecular flexibility index (Phi) is 5.46. The highest BCUT2D eigenvalue weighted by atomic mass is 32.1. The normalized spacial score (nSPS) is 17.2. The Labute approximate surface area is 165 Å². The van der Waals surface area contributed by atoms with Gasteiger partial charge in [0.15, 0.2) is 5.11 Å². The SMILES string of the molecule is COc1ccc([C@@H]2C(C(=O)Nc3ccccc3)=C(C)N(C)C(=S)N2C)cc1. The van der Waals surface area contributed by atoms with Crippen molar-refractivity contribution < 1.29 is 9.53 Å². The number of amides is 1. The lowest BCUT2D eigenvalue weighted by atomic mass is 9.93. The second-order valence-electron chi connectivity index (χ2n) is 6.45. The van der Waals surface area contributed by atoms with E-state index in [1.807, 2.05) is 85.4 Å². The van der Waals surface area contributed by atoms with Crippen molar-refractivity contribution in [3.63, 3.8) is 0 Å². The summed E-state index contributed by atoms with van der Waals surface area (Å²) in [5, 5.41) is 3.67. The lowest BCUT2D eigenvalue weighted by molar-refractivity contribution is -0.113. The third-order valence-electron chi connectivity index (χ3n) is 4.85. The molecule has 0 saturated heterocycles. The molecule has 27 heavy (non-hydrogen) atoms. The first-order valence-electron chi connectivity index (χ1n) is 8.65. The van der Waals surface area contributed by atoms with Gasteiger partial charge in [-0.3, -0.25) is 4.79 Å². The van der Waals surface area contributed by atoms with Crippen molar-refractivity contribution in [2.45, 2.75) is 13.0 Å². The molecule has 2 aromatic carbocycles. The van der Waals surface area contributed by atoms with Crippen molar-refractivity contribution in [1.82, 2.24) is 9.80 Å². The Hall–Kier alpha value is -2.86. The molecule has 1 aliphatic heterocycles. The maximum atomic E-state index is 13.2. The monoisotopic (exact) mass is 381 g/mol. The summed E-state index contributed by atoms with van der Waals surface area (Å²) in [5.41, 5.74) is 3.25. The van der Waals surface area contributed by atoms with Crippen molar-refractivity contribution in [1.29, 1.82) is 0 Å². The van der Waals surface area contributed by atoms with Crippen LogP contribution in [-0.4, -0.2) is 42.0 Å². The van der Waals surface area contributed by atoms with E-state index in [-0.39, 0.29) is 11.9 Å². The fourth-order valence-electron chi connectivity index (χ4n) is 3.25. The lowest BCUT2D eigenvalue weighted by Crippen LogP contribution is -2.47. The summed E-state index contributed by atoms with van der Waals surface area (Å²) in [5.74, 6) is 0.633. The molecular formula is C21H23N3O2S. The Bertz CT molecular complexity index is 878. The molecule has 0 bridgehead atoms. The molecule has 1 aliphatic rings. The van der Waals surface area contributed by atoms with E-state index in [1.165, 1.54) is 0 Å². The van der Waals surface area contributed by atoms with Crippen LogP contribution in [0.5, 0.6) is 5.75 Å². The number of para-hydroxylation sites is 1. The summed E-state index contributed by atoms with van der Waals surface area (Å²) in [6.07, 6.45) is 0. The van der Waals surface area contributed by atoms with Gasteiger partial charge in [0.05, 0.1) is 18.7 Å². The molecule has 2 aromatic rings. The van der Waals surface area contributed by atoms with E-state index in [0.717, 1.165) is 22.7 Å². The third-order valence-corrected chi connectivity index (χ3v) is 5.41. The molecule has 0 aromatic heterocycles. The van der Waals surface area contributed by atoms with Gasteiger partial charge in [0.1, 0.15) is 5.75 Å². The van der Waals surface area contributed by atoms with Gasteiger partial charge in [0, 0.05) is 25.5 Å². The number of carbonyl (C=O) groups is 1. The van der Waals surface area contributed by atoms with Crippen LogP contribution < -0.4 is 10.1 Å². The molecule has 0 fully saturated rings. The number of methoxy groups -OCH3 is 1. The zero-order valence-corrected chi connectivity index (χ0v) is 16.7. The smallest absolute Gasteiger partial charge is 0.255 e. The summed E-state index contributed by atoms with van der Waals surface area (Å²) in [6, 6.07) is 16.9. The van der Waals surface area contributed by atoms with Gasteiger partial charge in [-0.2, -0.15) is 0 Å². The summed E-state index contributed by atoms with van der Waals surface area (Å²) >= 11 is 5.58. The number of anilines is 1. The largest absolute Gasteiger partial charge is 0.497 e. The Morgan fingerprint density at radius 3 is 2.30 bits per heavy atom. The van der Waals surface area contributed by atoms with Crippen molar-refractivity contribution in [3.05, 3.63) is 71.4 Å². The molecular weight excluding hydrogens is 358 g/mol. The highest BCUT2D eigenvalue weighted by molar-refractivity contribution is 7.80. The zero-order valence-electron chi connectivity index (χ0n) is 15.9. The van der Waals surface area contributed by atoms with Crippen LogP contribution in [0.15, 0.2) is 65.9 Å². The number of hydrogen-bond donors (Lipinski definition) is 1. The summed E-state index contributed by atoms with van der Waals surface area (Å²) < 4.78 is 5.26. The number of thiocarbonyl (C=S) groups is 1. The average Bonchev–Trinajstić information content (AvgIpc) is 2.69. The number of benzene rings is 2. The number of ether oxygens (including phenoxy) is 1. The molecule has 5 nitrogen and oxygen atoms in total. The molecule has 1 N–H and O–H groups in total. The van der Waals surface area contributed by atoms with Gasteiger partial charge < -0.3 is 19.9 Å². The van der Waals surface area contributed by atoms with Gasteiger partial charge in [-0.15, -0.1) is 0 Å². The van der Waals surface area contributed by atoms with Crippen molar-refractivity contribution in [2.75, 3.05) is 26.5 Å². The van der Waals surface area contributed by atoms with Crippen molar-refractivity contribution in [2.24, 2.45) is 0 Å². The highest BCUT2D eigenvalue weighted by Crippen LogP contribution is 2.36. The lowest BCUT2D eigenvalue weighted by Gasteiger charge is -2.42. The molecule has 1 heterocycles. The van der Waals surface area contributed by atoms with Crippen LogP contribution in [0.3, 0.4) is 0 Å². The molecule has 1 atom stereocenters. The molecule has 0 radical (unpaired) electrons. The fourth-order valence-corrected chi connectivity index (χ4v) is 3.49. The molecule has 0 unspecified atom stereocenters. The van der Waals surface area contributed by atoms with E-state index in [1.54, 1.807) is 7.11 Å². The van der Waals surface area contributed by atoms with Crippen LogP contribution in [0.4, 0.5) is 5.69 Å². The Balaban J connectivity index is 2.04. The first-order chi connectivity index (χ1) is 12.9. The van der Waals surface area contributed by atoms with E-state index in [4.69, 9.17) is 17.0 Å². The number of likely N-dealkylation sites (N-methyl/N-ethyl adjacent to an activating group) is 1. The number of rotatable bonds is 4. The predicted octanol–water partition coefficient (Wildman–Crippen LogP) is 3.81. The minimum Gasteiger partial charge on any atom is -0.497 e. The quantitative estimate of drug-likeness (QED) is 0.816. The minimum atomic E-state index is -0.275. The van der Waals surface area contributed by atoms with E-state index in [0.29, 0.717) is 10.7 Å². The Morgan fingerprint density at radius 1 is 1.07 bits per heavy atom. The van der Waals surface area contributed by atoms with Gasteiger partial charge in [-0.25, -0.2) is 0 Å². The van der Waals surface area contributed by atoms with E-state index >= 15 is 0 Å². The fraction of sp³-hybridized carbons (Fsp3) is 0.238. The molecule has 140 valence electrons. The molecule has 1 amide bonds. The average molecular weight is 382 g/mol. The standard InChI is InChI=1S/C21H23N3O2S/c1-14-18(20(25)22-16-8-6-5-7-9-16)19(24(3)21(27)23(14)2)15-10-12-17(26-4)13-11-15/h5-13,19H,1-4H3,(H,22,25)/t19-/m1/s1. The maximum absolute atomic E-state index is 13.2. The van der Waals surface area contributed by atoms with Crippen LogP contribution in [0.25, 0.3) is 0 Å². The van der Waals surface area contributed by atoms with Crippen LogP contribution in [-0.2, 0) is 4.79 Å². The number of nitrogens with one attached hydrogen (secondary N) is 1. The minimum absolute atomic E-state index is 0.138. The second-order valence-corrected chi connectivity index (χ2v) is 6.81. The number of allylic oxidation sites excluding steroid dienone is 1. The van der Waals surface area contributed by atoms with Crippen LogP contribution >= 0.6 is 12.2 Å². The van der Waals surface area contributed by atoms with E-state index in [9.17, 15) is 4.79 Å². The molecule has 0 spiro atoms.